The zero-order valence-corrected chi connectivity index (χ0v) is 11.7. The van der Waals surface area contributed by atoms with Gasteiger partial charge in [0.05, 0.1) is 11.6 Å². The number of fused-ring (bicyclic) bond motifs is 1. The number of nitrogens with zero attached hydrogens (tertiary/aromatic N) is 3. The van der Waals surface area contributed by atoms with Gasteiger partial charge in [-0.3, -0.25) is 5.10 Å². The van der Waals surface area contributed by atoms with Gasteiger partial charge in [0, 0.05) is 6.04 Å². The van der Waals surface area contributed by atoms with E-state index in [2.05, 4.69) is 44.5 Å². The van der Waals surface area contributed by atoms with Gasteiger partial charge in [0.25, 0.3) is 0 Å². The summed E-state index contributed by atoms with van der Waals surface area (Å²) in [6.45, 7) is 2.11. The zero-order chi connectivity index (χ0) is 13.9. The fraction of sp³-hybridized carbons (Fsp3) is 0.214. The van der Waals surface area contributed by atoms with Crippen LogP contribution in [-0.4, -0.2) is 26.2 Å². The zero-order valence-electron chi connectivity index (χ0n) is 11.0. The number of aromatic nitrogens is 4. The molecule has 0 amide bonds. The second kappa shape index (κ2) is 5.46. The molecule has 0 radical (unpaired) electrons. The third-order valence-electron chi connectivity index (χ3n) is 3.05. The van der Waals surface area contributed by atoms with Crippen LogP contribution in [0.3, 0.4) is 0 Å². The fourth-order valence-corrected chi connectivity index (χ4v) is 2.34. The summed E-state index contributed by atoms with van der Waals surface area (Å²) in [5.74, 6) is 0.706. The van der Waals surface area contributed by atoms with E-state index in [0.29, 0.717) is 11.5 Å². The molecule has 0 aliphatic carbocycles. The molecule has 1 atom stereocenters. The van der Waals surface area contributed by atoms with Crippen molar-refractivity contribution in [2.24, 2.45) is 0 Å². The molecule has 2 heterocycles. The summed E-state index contributed by atoms with van der Waals surface area (Å²) < 4.78 is 0. The summed E-state index contributed by atoms with van der Waals surface area (Å²) in [5.41, 5.74) is 1.91. The van der Waals surface area contributed by atoms with Gasteiger partial charge in [0.2, 0.25) is 5.28 Å². The van der Waals surface area contributed by atoms with Crippen molar-refractivity contribution < 1.29 is 0 Å². The number of aromatic amines is 1. The van der Waals surface area contributed by atoms with Crippen LogP contribution in [0.5, 0.6) is 0 Å². The van der Waals surface area contributed by atoms with Crippen molar-refractivity contribution in [3.05, 3.63) is 47.4 Å². The van der Waals surface area contributed by atoms with Gasteiger partial charge in [0.1, 0.15) is 5.82 Å². The monoisotopic (exact) mass is 287 g/mol. The first-order valence-corrected chi connectivity index (χ1v) is 6.77. The predicted molar refractivity (Wildman–Crippen MR) is 79.9 cm³/mol. The Kier molecular flexibility index (Phi) is 3.52. The highest BCUT2D eigenvalue weighted by atomic mass is 35.5. The van der Waals surface area contributed by atoms with Crippen molar-refractivity contribution in [3.8, 4) is 0 Å². The Morgan fingerprint density at radius 3 is 2.85 bits per heavy atom. The molecule has 0 spiro atoms. The molecule has 0 saturated heterocycles. The molecule has 6 heteroatoms. The first-order valence-electron chi connectivity index (χ1n) is 6.39. The second-order valence-corrected chi connectivity index (χ2v) is 5.05. The summed E-state index contributed by atoms with van der Waals surface area (Å²) in [7, 11) is 0. The molecule has 1 unspecified atom stereocenters. The average Bonchev–Trinajstić information content (AvgIpc) is 2.88. The highest BCUT2D eigenvalue weighted by molar-refractivity contribution is 6.28. The van der Waals surface area contributed by atoms with Crippen LogP contribution in [0.4, 0.5) is 5.82 Å². The predicted octanol–water partition coefficient (Wildman–Crippen LogP) is 3.05. The van der Waals surface area contributed by atoms with Crippen LogP contribution in [0, 0.1) is 0 Å². The minimum atomic E-state index is 0.205. The van der Waals surface area contributed by atoms with Crippen LogP contribution < -0.4 is 5.32 Å². The molecular formula is C14H14ClN5. The maximum atomic E-state index is 5.91. The third-order valence-corrected chi connectivity index (χ3v) is 3.22. The van der Waals surface area contributed by atoms with E-state index >= 15 is 0 Å². The lowest BCUT2D eigenvalue weighted by atomic mass is 10.1. The molecule has 0 saturated carbocycles. The van der Waals surface area contributed by atoms with Gasteiger partial charge in [-0.05, 0) is 30.5 Å². The molecular weight excluding hydrogens is 274 g/mol. The largest absolute Gasteiger partial charge is 0.367 e. The lowest BCUT2D eigenvalue weighted by molar-refractivity contribution is 0.786. The highest BCUT2D eigenvalue weighted by Gasteiger charge is 2.11. The average molecular weight is 288 g/mol. The van der Waals surface area contributed by atoms with E-state index in [1.807, 2.05) is 18.2 Å². The minimum Gasteiger partial charge on any atom is -0.367 e. The molecule has 20 heavy (non-hydrogen) atoms. The second-order valence-electron chi connectivity index (χ2n) is 4.71. The van der Waals surface area contributed by atoms with E-state index < -0.39 is 0 Å². The topological polar surface area (TPSA) is 66.5 Å². The van der Waals surface area contributed by atoms with E-state index in [9.17, 15) is 0 Å². The van der Waals surface area contributed by atoms with Gasteiger partial charge in [0.15, 0.2) is 5.65 Å². The molecule has 0 aliphatic heterocycles. The lowest BCUT2D eigenvalue weighted by Crippen LogP contribution is -2.19. The Hall–Kier alpha value is -2.14. The lowest BCUT2D eigenvalue weighted by Gasteiger charge is -2.15. The third kappa shape index (κ3) is 2.72. The van der Waals surface area contributed by atoms with Crippen molar-refractivity contribution in [3.63, 3.8) is 0 Å². The molecule has 0 bridgehead atoms. The standard InChI is InChI=1S/C14H14ClN5/c1-9(7-10-5-3-2-4-6-10)17-12-11-8-16-20-13(11)19-14(15)18-12/h2-6,8-9H,7H2,1H3,(H2,16,17,18,19,20). The Bertz CT molecular complexity index is 710. The van der Waals surface area contributed by atoms with E-state index in [1.165, 1.54) is 5.56 Å². The van der Waals surface area contributed by atoms with Crippen molar-refractivity contribution >= 4 is 28.5 Å². The summed E-state index contributed by atoms with van der Waals surface area (Å²) >= 11 is 5.91. The number of nitrogens with one attached hydrogen (secondary N) is 2. The van der Waals surface area contributed by atoms with E-state index in [4.69, 9.17) is 11.6 Å². The molecule has 3 aromatic rings. The number of halogens is 1. The number of hydrogen-bond acceptors (Lipinski definition) is 4. The van der Waals surface area contributed by atoms with Gasteiger partial charge in [-0.15, -0.1) is 0 Å². The van der Waals surface area contributed by atoms with E-state index in [0.717, 1.165) is 11.8 Å². The maximum absolute atomic E-state index is 5.91. The van der Waals surface area contributed by atoms with Crippen molar-refractivity contribution in [2.45, 2.75) is 19.4 Å². The molecule has 2 N–H and O–H groups in total. The SMILES string of the molecule is CC(Cc1ccccc1)Nc1nc(Cl)nc2[nH]ncc12. The van der Waals surface area contributed by atoms with Crippen LogP contribution in [0.1, 0.15) is 12.5 Å². The van der Waals surface area contributed by atoms with Crippen LogP contribution in [0.2, 0.25) is 5.28 Å². The normalized spacial score (nSPS) is 12.5. The van der Waals surface area contributed by atoms with Crippen LogP contribution in [-0.2, 0) is 6.42 Å². The summed E-state index contributed by atoms with van der Waals surface area (Å²) in [6, 6.07) is 10.5. The first kappa shape index (κ1) is 12.9. The Morgan fingerprint density at radius 1 is 1.25 bits per heavy atom. The summed E-state index contributed by atoms with van der Waals surface area (Å²) in [5, 5.41) is 11.2. The van der Waals surface area contributed by atoms with E-state index in [1.54, 1.807) is 6.20 Å². The number of H-pyrrole nitrogens is 1. The number of hydrogen-bond donors (Lipinski definition) is 2. The number of rotatable bonds is 4. The van der Waals surface area contributed by atoms with Crippen molar-refractivity contribution in [1.29, 1.82) is 0 Å². The van der Waals surface area contributed by atoms with Gasteiger partial charge in [-0.1, -0.05) is 30.3 Å². The summed E-state index contributed by atoms with van der Waals surface area (Å²) in [4.78, 5) is 8.32. The Balaban J connectivity index is 1.80. The van der Waals surface area contributed by atoms with Gasteiger partial charge in [-0.25, -0.2) is 0 Å². The maximum Gasteiger partial charge on any atom is 0.226 e. The molecule has 3 rings (SSSR count). The summed E-state index contributed by atoms with van der Waals surface area (Å²) in [6.07, 6.45) is 2.60. The highest BCUT2D eigenvalue weighted by Crippen LogP contribution is 2.21. The Morgan fingerprint density at radius 2 is 2.05 bits per heavy atom. The van der Waals surface area contributed by atoms with Crippen molar-refractivity contribution in [1.82, 2.24) is 20.2 Å². The van der Waals surface area contributed by atoms with Crippen molar-refractivity contribution in [2.75, 3.05) is 5.32 Å². The quantitative estimate of drug-likeness (QED) is 0.724. The molecule has 0 aliphatic rings. The minimum absolute atomic E-state index is 0.205. The first-order chi connectivity index (χ1) is 9.72. The van der Waals surface area contributed by atoms with Crippen LogP contribution in [0.25, 0.3) is 11.0 Å². The molecule has 2 aromatic heterocycles. The molecule has 5 nitrogen and oxygen atoms in total. The van der Waals surface area contributed by atoms with Crippen LogP contribution >= 0.6 is 11.6 Å². The van der Waals surface area contributed by atoms with E-state index in [-0.39, 0.29) is 11.3 Å². The smallest absolute Gasteiger partial charge is 0.226 e. The van der Waals surface area contributed by atoms with Gasteiger partial charge in [-0.2, -0.15) is 15.1 Å². The molecule has 102 valence electrons. The fourth-order valence-electron chi connectivity index (χ4n) is 2.17. The molecule has 0 fully saturated rings. The number of benzene rings is 1. The molecule has 1 aromatic carbocycles. The van der Waals surface area contributed by atoms with Crippen LogP contribution in [0.15, 0.2) is 36.5 Å². The number of anilines is 1. The van der Waals surface area contributed by atoms with Gasteiger partial charge >= 0.3 is 0 Å². The van der Waals surface area contributed by atoms with Gasteiger partial charge < -0.3 is 5.32 Å². The Labute approximate surface area is 121 Å².